The number of imidazole rings is 1. The Kier molecular flexibility index (Phi) is 7.00. The lowest BCUT2D eigenvalue weighted by Gasteiger charge is -2.22. The first-order chi connectivity index (χ1) is 14.6. The fourth-order valence-corrected chi connectivity index (χ4v) is 5.02. The number of amides is 1. The minimum atomic E-state index is -3.58. The van der Waals surface area contributed by atoms with E-state index < -0.39 is 22.0 Å². The van der Waals surface area contributed by atoms with Crippen molar-refractivity contribution >= 4 is 32.9 Å². The van der Waals surface area contributed by atoms with Crippen molar-refractivity contribution in [2.75, 3.05) is 14.1 Å². The first-order valence-corrected chi connectivity index (χ1v) is 11.9. The van der Waals surface area contributed by atoms with Gasteiger partial charge in [-0.15, -0.1) is 0 Å². The molecule has 0 bridgehead atoms. The molecule has 0 radical (unpaired) electrons. The van der Waals surface area contributed by atoms with Gasteiger partial charge in [0, 0.05) is 27.6 Å². The molecule has 9 nitrogen and oxygen atoms in total. The van der Waals surface area contributed by atoms with E-state index in [-0.39, 0.29) is 23.3 Å². The molecule has 1 unspecified atom stereocenters. The molecule has 1 amide bonds. The summed E-state index contributed by atoms with van der Waals surface area (Å²) in [7, 11) is -0.624. The molecule has 0 saturated heterocycles. The maximum absolute atomic E-state index is 12.8. The SMILES string of the molecule is CCn1c(COC(=O)C(NC(C)=O)C2CCCC2)nc2cc(S(=O)(=O)N(C)C)ccc21. The zero-order valence-corrected chi connectivity index (χ0v) is 19.2. The summed E-state index contributed by atoms with van der Waals surface area (Å²) in [6.07, 6.45) is 3.85. The average molecular weight is 451 g/mol. The van der Waals surface area contributed by atoms with Crippen molar-refractivity contribution in [3.63, 3.8) is 0 Å². The number of sulfonamides is 1. The molecule has 1 N–H and O–H groups in total. The van der Waals surface area contributed by atoms with Crippen LogP contribution in [-0.4, -0.2) is 54.3 Å². The van der Waals surface area contributed by atoms with Crippen molar-refractivity contribution in [1.82, 2.24) is 19.2 Å². The minimum Gasteiger partial charge on any atom is -0.456 e. The van der Waals surface area contributed by atoms with Gasteiger partial charge in [0.1, 0.15) is 18.5 Å². The Balaban J connectivity index is 1.83. The summed E-state index contributed by atoms with van der Waals surface area (Å²) in [5.74, 6) is -0.115. The smallest absolute Gasteiger partial charge is 0.329 e. The molecule has 1 aromatic carbocycles. The van der Waals surface area contributed by atoms with Crippen molar-refractivity contribution in [2.24, 2.45) is 5.92 Å². The average Bonchev–Trinajstić information content (AvgIpc) is 3.36. The maximum atomic E-state index is 12.8. The van der Waals surface area contributed by atoms with Crippen LogP contribution in [0.25, 0.3) is 11.0 Å². The third-order valence-electron chi connectivity index (χ3n) is 5.72. The normalized spacial score (nSPS) is 16.0. The van der Waals surface area contributed by atoms with Gasteiger partial charge in [0.2, 0.25) is 15.9 Å². The number of nitrogens with one attached hydrogen (secondary N) is 1. The second kappa shape index (κ2) is 9.35. The predicted molar refractivity (Wildman–Crippen MR) is 116 cm³/mol. The van der Waals surface area contributed by atoms with Crippen LogP contribution in [0.5, 0.6) is 0 Å². The number of benzene rings is 1. The number of rotatable bonds is 8. The quantitative estimate of drug-likeness (QED) is 0.616. The van der Waals surface area contributed by atoms with Crippen LogP contribution in [0.1, 0.15) is 45.4 Å². The molecule has 1 aliphatic rings. The zero-order valence-electron chi connectivity index (χ0n) is 18.4. The molecular formula is C21H30N4O5S. The molecule has 0 aliphatic heterocycles. The molecule has 10 heteroatoms. The summed E-state index contributed by atoms with van der Waals surface area (Å²) < 4.78 is 33.4. The summed E-state index contributed by atoms with van der Waals surface area (Å²) in [6.45, 7) is 3.86. The molecular weight excluding hydrogens is 420 g/mol. The number of carbonyl (C=O) groups excluding carboxylic acids is 2. The summed E-state index contributed by atoms with van der Waals surface area (Å²) >= 11 is 0. The Bertz CT molecular complexity index is 1070. The van der Waals surface area contributed by atoms with Crippen LogP contribution in [-0.2, 0) is 37.5 Å². The highest BCUT2D eigenvalue weighted by atomic mass is 32.2. The molecule has 3 rings (SSSR count). The van der Waals surface area contributed by atoms with Gasteiger partial charge in [0.05, 0.1) is 15.9 Å². The van der Waals surface area contributed by atoms with Gasteiger partial charge < -0.3 is 14.6 Å². The summed E-state index contributed by atoms with van der Waals surface area (Å²) in [4.78, 5) is 29.0. The molecule has 1 fully saturated rings. The van der Waals surface area contributed by atoms with Gasteiger partial charge in [-0.25, -0.2) is 22.5 Å². The summed E-state index contributed by atoms with van der Waals surface area (Å²) in [6, 6.07) is 4.14. The predicted octanol–water partition coefficient (Wildman–Crippen LogP) is 2.04. The molecule has 1 saturated carbocycles. The van der Waals surface area contributed by atoms with E-state index in [1.807, 2.05) is 11.5 Å². The number of carbonyl (C=O) groups is 2. The number of ether oxygens (including phenoxy) is 1. The fraction of sp³-hybridized carbons (Fsp3) is 0.571. The Morgan fingerprint density at radius 3 is 2.55 bits per heavy atom. The third kappa shape index (κ3) is 4.90. The van der Waals surface area contributed by atoms with Crippen LogP contribution in [0.3, 0.4) is 0 Å². The van der Waals surface area contributed by atoms with Gasteiger partial charge in [-0.3, -0.25) is 4.79 Å². The second-order valence-electron chi connectivity index (χ2n) is 8.04. The van der Waals surface area contributed by atoms with Crippen LogP contribution in [0.4, 0.5) is 0 Å². The molecule has 1 aliphatic carbocycles. The largest absolute Gasteiger partial charge is 0.456 e. The van der Waals surface area contributed by atoms with Gasteiger partial charge >= 0.3 is 5.97 Å². The van der Waals surface area contributed by atoms with Crippen LogP contribution < -0.4 is 5.32 Å². The summed E-state index contributed by atoms with van der Waals surface area (Å²) in [5, 5.41) is 2.74. The standard InChI is InChI=1S/C21H30N4O5S/c1-5-25-18-11-10-16(31(28,29)24(3)4)12-17(18)23-19(25)13-30-21(27)20(22-14(2)26)15-8-6-7-9-15/h10-12,15,20H,5-9,13H2,1-4H3,(H,22,26). The fourth-order valence-electron chi connectivity index (χ4n) is 4.10. The van der Waals surface area contributed by atoms with Crippen molar-refractivity contribution in [3.8, 4) is 0 Å². The Morgan fingerprint density at radius 2 is 1.97 bits per heavy atom. The number of fused-ring (bicyclic) bond motifs is 1. The number of nitrogens with zero attached hydrogens (tertiary/aromatic N) is 3. The first-order valence-electron chi connectivity index (χ1n) is 10.5. The van der Waals surface area contributed by atoms with E-state index in [0.717, 1.165) is 35.5 Å². The van der Waals surface area contributed by atoms with Crippen molar-refractivity contribution in [3.05, 3.63) is 24.0 Å². The number of hydrogen-bond acceptors (Lipinski definition) is 6. The Labute approximate surface area is 182 Å². The molecule has 2 aromatic rings. The second-order valence-corrected chi connectivity index (χ2v) is 10.2. The van der Waals surface area contributed by atoms with Crippen molar-refractivity contribution < 1.29 is 22.7 Å². The molecule has 31 heavy (non-hydrogen) atoms. The lowest BCUT2D eigenvalue weighted by molar-refractivity contribution is -0.151. The van der Waals surface area contributed by atoms with Crippen LogP contribution in [0.2, 0.25) is 0 Å². The highest BCUT2D eigenvalue weighted by Crippen LogP contribution is 2.29. The Hall–Kier alpha value is -2.46. The van der Waals surface area contributed by atoms with E-state index in [4.69, 9.17) is 4.74 Å². The highest BCUT2D eigenvalue weighted by molar-refractivity contribution is 7.89. The number of aromatic nitrogens is 2. The molecule has 170 valence electrons. The van der Waals surface area contributed by atoms with Crippen LogP contribution in [0.15, 0.2) is 23.1 Å². The number of esters is 1. The van der Waals surface area contributed by atoms with E-state index in [9.17, 15) is 18.0 Å². The topological polar surface area (TPSA) is 111 Å². The van der Waals surface area contributed by atoms with E-state index in [2.05, 4.69) is 10.3 Å². The minimum absolute atomic E-state index is 0.0556. The lowest BCUT2D eigenvalue weighted by Crippen LogP contribution is -2.45. The number of aryl methyl sites for hydroxylation is 1. The van der Waals surface area contributed by atoms with Gasteiger partial charge in [-0.2, -0.15) is 0 Å². The van der Waals surface area contributed by atoms with E-state index in [1.54, 1.807) is 12.1 Å². The van der Waals surface area contributed by atoms with Gasteiger partial charge in [0.15, 0.2) is 0 Å². The molecule has 1 heterocycles. The van der Waals surface area contributed by atoms with E-state index in [1.165, 1.54) is 27.1 Å². The lowest BCUT2D eigenvalue weighted by atomic mass is 9.98. The molecule has 1 aromatic heterocycles. The third-order valence-corrected chi connectivity index (χ3v) is 7.53. The highest BCUT2D eigenvalue weighted by Gasteiger charge is 2.32. The van der Waals surface area contributed by atoms with E-state index in [0.29, 0.717) is 17.9 Å². The van der Waals surface area contributed by atoms with Crippen molar-refractivity contribution in [2.45, 2.75) is 63.6 Å². The van der Waals surface area contributed by atoms with Gasteiger partial charge in [0.25, 0.3) is 0 Å². The van der Waals surface area contributed by atoms with Gasteiger partial charge in [-0.1, -0.05) is 12.8 Å². The Morgan fingerprint density at radius 1 is 1.29 bits per heavy atom. The first kappa shape index (κ1) is 23.2. The molecule has 1 atom stereocenters. The van der Waals surface area contributed by atoms with Gasteiger partial charge in [-0.05, 0) is 43.9 Å². The summed E-state index contributed by atoms with van der Waals surface area (Å²) in [5.41, 5.74) is 1.28. The van der Waals surface area contributed by atoms with Crippen LogP contribution >= 0.6 is 0 Å². The number of hydrogen-bond donors (Lipinski definition) is 1. The van der Waals surface area contributed by atoms with Crippen LogP contribution in [0, 0.1) is 5.92 Å². The maximum Gasteiger partial charge on any atom is 0.329 e. The van der Waals surface area contributed by atoms with E-state index >= 15 is 0 Å². The zero-order chi connectivity index (χ0) is 22.8. The monoisotopic (exact) mass is 450 g/mol. The van der Waals surface area contributed by atoms with Crippen molar-refractivity contribution in [1.29, 1.82) is 0 Å². The molecule has 0 spiro atoms.